The van der Waals surface area contributed by atoms with Crippen LogP contribution < -0.4 is 5.32 Å². The molecule has 0 spiro atoms. The number of hydrogen-bond acceptors (Lipinski definition) is 1. The van der Waals surface area contributed by atoms with Crippen LogP contribution in [0.2, 0.25) is 10.0 Å². The second kappa shape index (κ2) is 6.90. The summed E-state index contributed by atoms with van der Waals surface area (Å²) in [5.74, 6) is -0.311. The molecule has 1 unspecified atom stereocenters. The zero-order valence-electron chi connectivity index (χ0n) is 10.8. The van der Waals surface area contributed by atoms with Crippen LogP contribution in [0.4, 0.5) is 4.39 Å². The fourth-order valence-electron chi connectivity index (χ4n) is 2.10. The van der Waals surface area contributed by atoms with Gasteiger partial charge in [-0.15, -0.1) is 0 Å². The molecule has 20 heavy (non-hydrogen) atoms. The average Bonchev–Trinajstić information content (AvgIpc) is 2.41. The summed E-state index contributed by atoms with van der Waals surface area (Å²) >= 11 is 15.7. The Balaban J connectivity index is 2.60. The predicted octanol–water partition coefficient (Wildman–Crippen LogP) is 5.59. The van der Waals surface area contributed by atoms with Crippen molar-refractivity contribution in [1.29, 1.82) is 0 Å². The van der Waals surface area contributed by atoms with E-state index in [-0.39, 0.29) is 5.82 Å². The molecule has 0 bridgehead atoms. The van der Waals surface area contributed by atoms with Crippen LogP contribution in [0.15, 0.2) is 40.9 Å². The Morgan fingerprint density at radius 1 is 1.15 bits per heavy atom. The summed E-state index contributed by atoms with van der Waals surface area (Å²) in [6.45, 7) is 2.62. The summed E-state index contributed by atoms with van der Waals surface area (Å²) in [5, 5.41) is 4.27. The van der Waals surface area contributed by atoms with E-state index < -0.39 is 6.04 Å². The molecule has 106 valence electrons. The van der Waals surface area contributed by atoms with Gasteiger partial charge in [-0.25, -0.2) is 4.39 Å². The quantitative estimate of drug-likeness (QED) is 0.732. The highest BCUT2D eigenvalue weighted by atomic mass is 79.9. The molecule has 5 heteroatoms. The van der Waals surface area contributed by atoms with E-state index in [9.17, 15) is 4.39 Å². The van der Waals surface area contributed by atoms with Gasteiger partial charge < -0.3 is 5.32 Å². The third-order valence-electron chi connectivity index (χ3n) is 2.99. The Morgan fingerprint density at radius 2 is 1.75 bits per heavy atom. The zero-order chi connectivity index (χ0) is 14.7. The molecule has 0 saturated heterocycles. The molecule has 1 nitrogen and oxygen atoms in total. The topological polar surface area (TPSA) is 12.0 Å². The van der Waals surface area contributed by atoms with Gasteiger partial charge in [-0.1, -0.05) is 48.3 Å². The smallest absolute Gasteiger partial charge is 0.142 e. The highest BCUT2D eigenvalue weighted by molar-refractivity contribution is 9.10. The average molecular weight is 377 g/mol. The van der Waals surface area contributed by atoms with Gasteiger partial charge in [0.25, 0.3) is 0 Å². The van der Waals surface area contributed by atoms with Gasteiger partial charge in [-0.05, 0) is 40.7 Å². The van der Waals surface area contributed by atoms with Crippen molar-refractivity contribution in [2.75, 3.05) is 6.54 Å². The Bertz CT molecular complexity index is 599. The van der Waals surface area contributed by atoms with Crippen LogP contribution in [0.1, 0.15) is 24.1 Å². The summed E-state index contributed by atoms with van der Waals surface area (Å²) in [7, 11) is 0. The summed E-state index contributed by atoms with van der Waals surface area (Å²) in [5.41, 5.74) is 1.20. The first-order valence-electron chi connectivity index (χ1n) is 6.17. The molecule has 0 radical (unpaired) electrons. The minimum absolute atomic E-state index is 0.311. The molecule has 0 fully saturated rings. The molecule has 0 aliphatic heterocycles. The van der Waals surface area contributed by atoms with E-state index in [2.05, 4.69) is 21.2 Å². The fourth-order valence-corrected chi connectivity index (χ4v) is 3.10. The van der Waals surface area contributed by atoms with Gasteiger partial charge in [0.15, 0.2) is 0 Å². The van der Waals surface area contributed by atoms with Crippen molar-refractivity contribution in [2.45, 2.75) is 13.0 Å². The fraction of sp³-hybridized carbons (Fsp3) is 0.200. The summed E-state index contributed by atoms with van der Waals surface area (Å²) < 4.78 is 14.8. The first-order valence-corrected chi connectivity index (χ1v) is 7.72. The van der Waals surface area contributed by atoms with E-state index in [4.69, 9.17) is 23.2 Å². The van der Waals surface area contributed by atoms with Crippen molar-refractivity contribution in [3.63, 3.8) is 0 Å². The summed E-state index contributed by atoms with van der Waals surface area (Å²) in [6.07, 6.45) is 0. The van der Waals surface area contributed by atoms with Crippen LogP contribution >= 0.6 is 39.1 Å². The van der Waals surface area contributed by atoms with E-state index in [1.54, 1.807) is 36.4 Å². The standard InChI is InChI=1S/C15H13BrCl2FN/c1-2-20-15(9-5-3-6-10(16)14(9)19)13-11(17)7-4-8-12(13)18/h3-8,15,20H,2H2,1H3. The van der Waals surface area contributed by atoms with E-state index in [1.165, 1.54) is 0 Å². The first-order chi connectivity index (χ1) is 9.56. The second-order valence-corrected chi connectivity index (χ2v) is 5.94. The van der Waals surface area contributed by atoms with Crippen LogP contribution in [-0.4, -0.2) is 6.54 Å². The van der Waals surface area contributed by atoms with Crippen LogP contribution in [0.3, 0.4) is 0 Å². The Morgan fingerprint density at radius 3 is 2.35 bits per heavy atom. The van der Waals surface area contributed by atoms with Gasteiger partial charge in [0.1, 0.15) is 5.82 Å². The van der Waals surface area contributed by atoms with Crippen molar-refractivity contribution in [2.24, 2.45) is 0 Å². The van der Waals surface area contributed by atoms with Crippen molar-refractivity contribution < 1.29 is 4.39 Å². The second-order valence-electron chi connectivity index (χ2n) is 4.27. The van der Waals surface area contributed by atoms with Gasteiger partial charge in [0, 0.05) is 21.2 Å². The van der Waals surface area contributed by atoms with Crippen molar-refractivity contribution >= 4 is 39.1 Å². The number of hydrogen-bond donors (Lipinski definition) is 1. The molecule has 0 heterocycles. The molecule has 0 saturated carbocycles. The van der Waals surface area contributed by atoms with Gasteiger partial charge in [0.05, 0.1) is 10.5 Å². The Hall–Kier alpha value is -0.610. The van der Waals surface area contributed by atoms with E-state index in [1.807, 2.05) is 6.92 Å². The molecular weight excluding hydrogens is 364 g/mol. The van der Waals surface area contributed by atoms with Crippen LogP contribution in [-0.2, 0) is 0 Å². The molecular formula is C15H13BrCl2FN. The van der Waals surface area contributed by atoms with Gasteiger partial charge in [-0.2, -0.15) is 0 Å². The van der Waals surface area contributed by atoms with Crippen LogP contribution in [0.25, 0.3) is 0 Å². The molecule has 0 aromatic heterocycles. The van der Waals surface area contributed by atoms with E-state index in [0.29, 0.717) is 32.2 Å². The maximum absolute atomic E-state index is 14.4. The normalized spacial score (nSPS) is 12.4. The molecule has 0 aliphatic rings. The van der Waals surface area contributed by atoms with Crippen LogP contribution in [0, 0.1) is 5.82 Å². The molecule has 2 aromatic carbocycles. The SMILES string of the molecule is CCNC(c1cccc(Br)c1F)c1c(Cl)cccc1Cl. The third-order valence-corrected chi connectivity index (χ3v) is 4.26. The zero-order valence-corrected chi connectivity index (χ0v) is 13.9. The van der Waals surface area contributed by atoms with Gasteiger partial charge in [-0.3, -0.25) is 0 Å². The largest absolute Gasteiger partial charge is 0.306 e. The number of halogens is 4. The number of benzene rings is 2. The van der Waals surface area contributed by atoms with Crippen molar-refractivity contribution in [1.82, 2.24) is 5.32 Å². The summed E-state index contributed by atoms with van der Waals surface area (Å²) in [6, 6.07) is 10.1. The predicted molar refractivity (Wildman–Crippen MR) is 86.1 cm³/mol. The van der Waals surface area contributed by atoms with E-state index >= 15 is 0 Å². The maximum atomic E-state index is 14.4. The monoisotopic (exact) mass is 375 g/mol. The highest BCUT2D eigenvalue weighted by Crippen LogP contribution is 2.36. The Labute approximate surface area is 136 Å². The lowest BCUT2D eigenvalue weighted by molar-refractivity contribution is 0.555. The number of nitrogens with one attached hydrogen (secondary N) is 1. The van der Waals surface area contributed by atoms with Crippen molar-refractivity contribution in [3.05, 3.63) is 67.9 Å². The molecule has 1 N–H and O–H groups in total. The minimum atomic E-state index is -0.390. The summed E-state index contributed by atoms with van der Waals surface area (Å²) in [4.78, 5) is 0. The molecule has 0 amide bonds. The molecule has 0 aliphatic carbocycles. The maximum Gasteiger partial charge on any atom is 0.142 e. The highest BCUT2D eigenvalue weighted by Gasteiger charge is 2.22. The number of rotatable bonds is 4. The van der Waals surface area contributed by atoms with Crippen molar-refractivity contribution in [3.8, 4) is 0 Å². The van der Waals surface area contributed by atoms with Gasteiger partial charge in [0.2, 0.25) is 0 Å². The van der Waals surface area contributed by atoms with Gasteiger partial charge >= 0.3 is 0 Å². The lowest BCUT2D eigenvalue weighted by Gasteiger charge is -2.22. The third kappa shape index (κ3) is 3.17. The minimum Gasteiger partial charge on any atom is -0.306 e. The Kier molecular flexibility index (Phi) is 5.44. The van der Waals surface area contributed by atoms with Crippen LogP contribution in [0.5, 0.6) is 0 Å². The van der Waals surface area contributed by atoms with E-state index in [0.717, 1.165) is 0 Å². The lowest BCUT2D eigenvalue weighted by atomic mass is 9.98. The lowest BCUT2D eigenvalue weighted by Crippen LogP contribution is -2.23. The molecule has 1 atom stereocenters. The molecule has 2 rings (SSSR count). The first kappa shape index (κ1) is 15.8. The molecule has 2 aromatic rings.